The van der Waals surface area contributed by atoms with Crippen molar-refractivity contribution in [2.45, 2.75) is 44.8 Å². The molecular weight excluding hydrogens is 340 g/mol. The van der Waals surface area contributed by atoms with E-state index in [-0.39, 0.29) is 17.9 Å². The molecule has 3 aliphatic rings. The quantitative estimate of drug-likeness (QED) is 0.835. The van der Waals surface area contributed by atoms with Gasteiger partial charge in [-0.25, -0.2) is 0 Å². The van der Waals surface area contributed by atoms with Crippen LogP contribution in [0.25, 0.3) is 0 Å². The summed E-state index contributed by atoms with van der Waals surface area (Å²) >= 11 is 0. The van der Waals surface area contributed by atoms with Crippen molar-refractivity contribution >= 4 is 11.8 Å². The Labute approximate surface area is 161 Å². The topological polar surface area (TPSA) is 55.9 Å². The average Bonchev–Trinajstić information content (AvgIpc) is 3.51. The number of carbonyl (C=O) groups is 2. The summed E-state index contributed by atoms with van der Waals surface area (Å²) in [6, 6.07) is 8.74. The first kappa shape index (κ1) is 18.4. The van der Waals surface area contributed by atoms with Gasteiger partial charge in [0.25, 0.3) is 0 Å². The number of carbonyl (C=O) groups excluding carboxylic acids is 2. The molecule has 1 aromatic rings. The molecule has 1 atom stereocenters. The average molecular weight is 370 g/mol. The highest BCUT2D eigenvalue weighted by molar-refractivity contribution is 5.82. The second kappa shape index (κ2) is 7.98. The molecule has 2 fully saturated rings. The fourth-order valence-electron chi connectivity index (χ4n) is 4.02. The number of amides is 2. The first-order chi connectivity index (χ1) is 13.1. The minimum Gasteiger partial charge on any atom is -0.352 e. The predicted molar refractivity (Wildman–Crippen MR) is 104 cm³/mol. The Morgan fingerprint density at radius 3 is 2.48 bits per heavy atom. The molecule has 2 heterocycles. The van der Waals surface area contributed by atoms with Gasteiger partial charge in [0.1, 0.15) is 0 Å². The van der Waals surface area contributed by atoms with Crippen LogP contribution in [0, 0.1) is 0 Å². The van der Waals surface area contributed by atoms with Crippen LogP contribution in [0.2, 0.25) is 0 Å². The number of nitrogens with one attached hydrogen (secondary N) is 1. The molecule has 6 nitrogen and oxygen atoms in total. The zero-order valence-corrected chi connectivity index (χ0v) is 16.2. The van der Waals surface area contributed by atoms with Gasteiger partial charge in [-0.15, -0.1) is 0 Å². The van der Waals surface area contributed by atoms with Crippen molar-refractivity contribution in [1.29, 1.82) is 0 Å². The minimum absolute atomic E-state index is 0.0814. The van der Waals surface area contributed by atoms with Crippen molar-refractivity contribution in [2.75, 3.05) is 39.3 Å². The third kappa shape index (κ3) is 4.50. The number of hydrogen-bond acceptors (Lipinski definition) is 4. The number of piperazine rings is 1. The summed E-state index contributed by atoms with van der Waals surface area (Å²) < 4.78 is 0. The molecule has 27 heavy (non-hydrogen) atoms. The second-order valence-corrected chi connectivity index (χ2v) is 8.10. The van der Waals surface area contributed by atoms with E-state index in [1.54, 1.807) is 0 Å². The zero-order chi connectivity index (χ0) is 18.8. The molecule has 6 heteroatoms. The first-order valence-corrected chi connectivity index (χ1v) is 10.2. The van der Waals surface area contributed by atoms with Gasteiger partial charge >= 0.3 is 0 Å². The molecule has 1 saturated carbocycles. The van der Waals surface area contributed by atoms with E-state index in [4.69, 9.17) is 0 Å². The van der Waals surface area contributed by atoms with Crippen LogP contribution in [0.3, 0.4) is 0 Å². The van der Waals surface area contributed by atoms with E-state index < -0.39 is 0 Å². The van der Waals surface area contributed by atoms with Crippen LogP contribution in [-0.4, -0.2) is 77.9 Å². The molecule has 2 aliphatic heterocycles. The van der Waals surface area contributed by atoms with E-state index >= 15 is 0 Å². The number of rotatable bonds is 5. The maximum atomic E-state index is 12.7. The Bertz CT molecular complexity index is 695. The maximum Gasteiger partial charge on any atom is 0.237 e. The number of nitrogens with zero attached hydrogens (tertiary/aromatic N) is 3. The number of fused-ring (bicyclic) bond motifs is 1. The Morgan fingerprint density at radius 1 is 1.07 bits per heavy atom. The SMILES string of the molecule is CC(C(=O)NC1CC1)N1CCN(CC(=O)N2CCc3ccccc3C2)CC1. The van der Waals surface area contributed by atoms with Crippen LogP contribution >= 0.6 is 0 Å². The Hall–Kier alpha value is -1.92. The molecule has 146 valence electrons. The van der Waals surface area contributed by atoms with E-state index in [0.717, 1.165) is 58.5 Å². The highest BCUT2D eigenvalue weighted by Gasteiger charge is 2.31. The molecule has 2 amide bonds. The predicted octanol–water partition coefficient (Wildman–Crippen LogP) is 0.856. The minimum atomic E-state index is -0.0814. The Morgan fingerprint density at radius 2 is 1.78 bits per heavy atom. The lowest BCUT2D eigenvalue weighted by molar-refractivity contribution is -0.134. The van der Waals surface area contributed by atoms with Gasteiger partial charge in [-0.3, -0.25) is 19.4 Å². The molecular formula is C21H30N4O2. The second-order valence-electron chi connectivity index (χ2n) is 8.10. The molecule has 4 rings (SSSR count). The highest BCUT2D eigenvalue weighted by Crippen LogP contribution is 2.20. The fraction of sp³-hybridized carbons (Fsp3) is 0.619. The van der Waals surface area contributed by atoms with Crippen LogP contribution < -0.4 is 5.32 Å². The van der Waals surface area contributed by atoms with E-state index in [0.29, 0.717) is 12.6 Å². The summed E-state index contributed by atoms with van der Waals surface area (Å²) in [6.07, 6.45) is 3.19. The van der Waals surface area contributed by atoms with Gasteiger partial charge in [0.05, 0.1) is 12.6 Å². The van der Waals surface area contributed by atoms with Gasteiger partial charge < -0.3 is 10.2 Å². The molecule has 0 bridgehead atoms. The van der Waals surface area contributed by atoms with E-state index in [1.807, 2.05) is 17.9 Å². The van der Waals surface area contributed by atoms with Gasteiger partial charge in [0.15, 0.2) is 0 Å². The molecule has 0 radical (unpaired) electrons. The number of benzene rings is 1. The molecule has 1 aromatic carbocycles. The van der Waals surface area contributed by atoms with Gasteiger partial charge in [-0.05, 0) is 37.3 Å². The lowest BCUT2D eigenvalue weighted by Gasteiger charge is -2.38. The fourth-order valence-corrected chi connectivity index (χ4v) is 4.02. The van der Waals surface area contributed by atoms with Gasteiger partial charge in [0, 0.05) is 45.3 Å². The normalized spacial score (nSPS) is 22.2. The summed E-state index contributed by atoms with van der Waals surface area (Å²) in [5, 5.41) is 3.09. The molecule has 1 unspecified atom stereocenters. The Kier molecular flexibility index (Phi) is 5.45. The van der Waals surface area contributed by atoms with E-state index in [9.17, 15) is 9.59 Å². The summed E-state index contributed by atoms with van der Waals surface area (Å²) in [4.78, 5) is 31.4. The molecule has 1 saturated heterocycles. The summed E-state index contributed by atoms with van der Waals surface area (Å²) in [5.74, 6) is 0.367. The lowest BCUT2D eigenvalue weighted by Crippen LogP contribution is -2.55. The van der Waals surface area contributed by atoms with Gasteiger partial charge in [-0.2, -0.15) is 0 Å². The summed E-state index contributed by atoms with van der Waals surface area (Å²) in [6.45, 7) is 7.39. The maximum absolute atomic E-state index is 12.7. The van der Waals surface area contributed by atoms with Gasteiger partial charge in [-0.1, -0.05) is 24.3 Å². The molecule has 1 aliphatic carbocycles. The van der Waals surface area contributed by atoms with Crippen molar-refractivity contribution in [3.8, 4) is 0 Å². The van der Waals surface area contributed by atoms with Crippen molar-refractivity contribution in [3.05, 3.63) is 35.4 Å². The lowest BCUT2D eigenvalue weighted by atomic mass is 10.00. The molecule has 1 N–H and O–H groups in total. The third-order valence-corrected chi connectivity index (χ3v) is 6.10. The third-order valence-electron chi connectivity index (χ3n) is 6.10. The van der Waals surface area contributed by atoms with Crippen LogP contribution in [0.1, 0.15) is 30.9 Å². The molecule has 0 spiro atoms. The summed E-state index contributed by atoms with van der Waals surface area (Å²) in [7, 11) is 0. The Balaban J connectivity index is 1.23. The largest absolute Gasteiger partial charge is 0.352 e. The number of hydrogen-bond donors (Lipinski definition) is 1. The van der Waals surface area contributed by atoms with Crippen molar-refractivity contribution in [2.24, 2.45) is 0 Å². The zero-order valence-electron chi connectivity index (χ0n) is 16.2. The van der Waals surface area contributed by atoms with E-state index in [1.165, 1.54) is 11.1 Å². The van der Waals surface area contributed by atoms with Gasteiger partial charge in [0.2, 0.25) is 11.8 Å². The summed E-state index contributed by atoms with van der Waals surface area (Å²) in [5.41, 5.74) is 2.64. The van der Waals surface area contributed by atoms with Crippen LogP contribution in [0.5, 0.6) is 0 Å². The van der Waals surface area contributed by atoms with Crippen molar-refractivity contribution < 1.29 is 9.59 Å². The van der Waals surface area contributed by atoms with Crippen molar-refractivity contribution in [1.82, 2.24) is 20.0 Å². The smallest absolute Gasteiger partial charge is 0.237 e. The van der Waals surface area contributed by atoms with E-state index in [2.05, 4.69) is 33.3 Å². The monoisotopic (exact) mass is 370 g/mol. The first-order valence-electron chi connectivity index (χ1n) is 10.2. The standard InChI is InChI=1S/C21H30N4O2/c1-16(21(27)22-19-6-7-19)24-12-10-23(11-13-24)15-20(26)25-9-8-17-4-2-3-5-18(17)14-25/h2-5,16,19H,6-15H2,1H3,(H,22,27). The van der Waals surface area contributed by atoms with Crippen molar-refractivity contribution in [3.63, 3.8) is 0 Å². The van der Waals surface area contributed by atoms with Crippen LogP contribution in [0.15, 0.2) is 24.3 Å². The van der Waals surface area contributed by atoms with Crippen LogP contribution in [-0.2, 0) is 22.6 Å². The molecule has 0 aromatic heterocycles. The van der Waals surface area contributed by atoms with Crippen LogP contribution in [0.4, 0.5) is 0 Å². The highest BCUT2D eigenvalue weighted by atomic mass is 16.2.